The van der Waals surface area contributed by atoms with Gasteiger partial charge in [0.2, 0.25) is 0 Å². The summed E-state index contributed by atoms with van der Waals surface area (Å²) in [6, 6.07) is 11.1. The Morgan fingerprint density at radius 3 is 2.42 bits per heavy atom. The normalized spacial score (nSPS) is 30.7. The van der Waals surface area contributed by atoms with Gasteiger partial charge in [-0.2, -0.15) is 0 Å². The molecule has 6 atom stereocenters. The van der Waals surface area contributed by atoms with Gasteiger partial charge in [-0.15, -0.1) is 0 Å². The molecule has 2 aliphatic heterocycles. The molecular weight excluding hydrogens is 536 g/mol. The third-order valence-corrected chi connectivity index (χ3v) is 11.2. The predicted octanol–water partition coefficient (Wildman–Crippen LogP) is 6.50. The quantitative estimate of drug-likeness (QED) is 0.233. The number of piperidine rings is 2. The summed E-state index contributed by atoms with van der Waals surface area (Å²) in [5.74, 6) is 3.79. The molecular formula is C36H58N4O3. The molecule has 1 aromatic heterocycles. The monoisotopic (exact) mass is 594 g/mol. The molecule has 2 bridgehead atoms. The molecule has 43 heavy (non-hydrogen) atoms. The third kappa shape index (κ3) is 8.02. The van der Waals surface area contributed by atoms with Gasteiger partial charge in [0, 0.05) is 50.8 Å². The Labute approximate surface area is 260 Å². The molecule has 2 saturated heterocycles. The Balaban J connectivity index is 1.09. The van der Waals surface area contributed by atoms with Crippen LogP contribution in [0.2, 0.25) is 0 Å². The summed E-state index contributed by atoms with van der Waals surface area (Å²) in [4.78, 5) is 10.9. The van der Waals surface area contributed by atoms with Crippen LogP contribution in [0.1, 0.15) is 95.7 Å². The molecule has 6 rings (SSSR count). The molecule has 0 N–H and O–H groups in total. The van der Waals surface area contributed by atoms with Gasteiger partial charge in [-0.25, -0.2) is 4.98 Å². The number of fused-ring (bicyclic) bond motifs is 3. The maximum Gasteiger partial charge on any atom is 0.114 e. The number of para-hydroxylation sites is 2. The van der Waals surface area contributed by atoms with Crippen LogP contribution in [0.3, 0.4) is 0 Å². The van der Waals surface area contributed by atoms with Crippen molar-refractivity contribution in [2.45, 2.75) is 115 Å². The van der Waals surface area contributed by atoms with Crippen molar-refractivity contribution in [3.05, 3.63) is 30.1 Å². The van der Waals surface area contributed by atoms with E-state index in [1.54, 1.807) is 7.11 Å². The van der Waals surface area contributed by atoms with Gasteiger partial charge < -0.3 is 23.7 Å². The molecule has 0 radical (unpaired) electrons. The van der Waals surface area contributed by atoms with Crippen molar-refractivity contribution in [3.63, 3.8) is 0 Å². The van der Waals surface area contributed by atoms with Crippen molar-refractivity contribution in [1.29, 1.82) is 0 Å². The van der Waals surface area contributed by atoms with Crippen molar-refractivity contribution in [2.75, 3.05) is 59.8 Å². The molecule has 4 fully saturated rings. The first kappa shape index (κ1) is 31.5. The zero-order chi connectivity index (χ0) is 29.4. The molecule has 0 unspecified atom stereocenters. The summed E-state index contributed by atoms with van der Waals surface area (Å²) >= 11 is 0. The summed E-state index contributed by atoms with van der Waals surface area (Å²) in [5, 5.41) is 0. The average Bonchev–Trinajstić information content (AvgIpc) is 3.40. The van der Waals surface area contributed by atoms with Crippen LogP contribution in [-0.4, -0.2) is 97.3 Å². The highest BCUT2D eigenvalue weighted by atomic mass is 16.5. The van der Waals surface area contributed by atoms with E-state index in [0.717, 1.165) is 56.7 Å². The molecule has 2 saturated carbocycles. The lowest BCUT2D eigenvalue weighted by Gasteiger charge is -2.51. The molecule has 2 aliphatic carbocycles. The van der Waals surface area contributed by atoms with E-state index < -0.39 is 0 Å². The van der Waals surface area contributed by atoms with Crippen molar-refractivity contribution < 1.29 is 14.2 Å². The maximum atomic E-state index is 5.89. The minimum Gasteiger partial charge on any atom is -0.382 e. The lowest BCUT2D eigenvalue weighted by atomic mass is 9.69. The van der Waals surface area contributed by atoms with E-state index in [2.05, 4.69) is 45.6 Å². The summed E-state index contributed by atoms with van der Waals surface area (Å²) in [7, 11) is 1.70. The van der Waals surface area contributed by atoms with Crippen molar-refractivity contribution in [2.24, 2.45) is 11.8 Å². The van der Waals surface area contributed by atoms with Gasteiger partial charge in [-0.1, -0.05) is 37.8 Å². The third-order valence-electron chi connectivity index (χ3n) is 11.2. The number of aromatic nitrogens is 2. The topological polar surface area (TPSA) is 52.0 Å². The number of hydrogen-bond acceptors (Lipinski definition) is 6. The number of hydrogen-bond donors (Lipinski definition) is 0. The minimum atomic E-state index is 0.484. The van der Waals surface area contributed by atoms with Gasteiger partial charge in [0.05, 0.1) is 44.1 Å². The Morgan fingerprint density at radius 2 is 1.58 bits per heavy atom. The van der Waals surface area contributed by atoms with Gasteiger partial charge in [-0.3, -0.25) is 4.90 Å². The minimum absolute atomic E-state index is 0.484. The molecule has 0 amide bonds. The number of benzene rings is 1. The van der Waals surface area contributed by atoms with Crippen LogP contribution < -0.4 is 0 Å². The van der Waals surface area contributed by atoms with Crippen LogP contribution in [-0.2, 0) is 20.8 Å². The van der Waals surface area contributed by atoms with E-state index in [1.165, 1.54) is 93.9 Å². The molecule has 0 spiro atoms. The van der Waals surface area contributed by atoms with Crippen LogP contribution in [0.15, 0.2) is 24.3 Å². The van der Waals surface area contributed by atoms with E-state index in [-0.39, 0.29) is 0 Å². The zero-order valence-corrected chi connectivity index (χ0v) is 27.1. The van der Waals surface area contributed by atoms with E-state index >= 15 is 0 Å². The van der Waals surface area contributed by atoms with E-state index in [4.69, 9.17) is 19.2 Å². The number of methoxy groups -OCH3 is 1. The fourth-order valence-corrected chi connectivity index (χ4v) is 9.24. The highest BCUT2D eigenvalue weighted by Gasteiger charge is 2.40. The fourth-order valence-electron chi connectivity index (χ4n) is 9.24. The molecule has 4 aliphatic rings. The first-order chi connectivity index (χ1) is 21.2. The molecule has 7 heteroatoms. The highest BCUT2D eigenvalue weighted by Crippen LogP contribution is 2.44. The molecule has 2 aromatic rings. The Kier molecular flexibility index (Phi) is 11.5. The zero-order valence-electron chi connectivity index (χ0n) is 27.1. The summed E-state index contributed by atoms with van der Waals surface area (Å²) in [5.41, 5.74) is 2.49. The molecule has 1 aromatic carbocycles. The SMILES string of the molecule is COCCOCCOCCN1CCC[C@@H](c2nc3ccccc3n2CC[C@@H]2CCC[C@H](C)N2[C@H]2C[C@@H]3CCC[C@@H](C3)C2)C1. The number of imidazole rings is 1. The van der Waals surface area contributed by atoms with Crippen LogP contribution >= 0.6 is 0 Å². The number of ether oxygens (including phenoxy) is 3. The van der Waals surface area contributed by atoms with Crippen molar-refractivity contribution in [1.82, 2.24) is 19.4 Å². The lowest BCUT2D eigenvalue weighted by Crippen LogP contribution is -2.54. The second kappa shape index (κ2) is 15.7. The van der Waals surface area contributed by atoms with Gasteiger partial charge >= 0.3 is 0 Å². The van der Waals surface area contributed by atoms with Crippen molar-refractivity contribution >= 4 is 11.0 Å². The predicted molar refractivity (Wildman–Crippen MR) is 174 cm³/mol. The van der Waals surface area contributed by atoms with Crippen LogP contribution in [0.4, 0.5) is 0 Å². The van der Waals surface area contributed by atoms with Crippen LogP contribution in [0.5, 0.6) is 0 Å². The maximum absolute atomic E-state index is 5.89. The summed E-state index contributed by atoms with van der Waals surface area (Å²) in [6.45, 7) is 10.1. The molecule has 240 valence electrons. The number of likely N-dealkylation sites (tertiary alicyclic amines) is 2. The first-order valence-electron chi connectivity index (χ1n) is 17.8. The summed E-state index contributed by atoms with van der Waals surface area (Å²) < 4.78 is 19.1. The van der Waals surface area contributed by atoms with Crippen LogP contribution in [0, 0.1) is 11.8 Å². The fraction of sp³-hybridized carbons (Fsp3) is 0.806. The van der Waals surface area contributed by atoms with Gasteiger partial charge in [0.15, 0.2) is 0 Å². The Hall–Kier alpha value is -1.51. The smallest absolute Gasteiger partial charge is 0.114 e. The Morgan fingerprint density at radius 1 is 0.814 bits per heavy atom. The van der Waals surface area contributed by atoms with Gasteiger partial charge in [-0.05, 0) is 88.8 Å². The van der Waals surface area contributed by atoms with Gasteiger partial charge in [0.25, 0.3) is 0 Å². The van der Waals surface area contributed by atoms with Crippen molar-refractivity contribution in [3.8, 4) is 0 Å². The van der Waals surface area contributed by atoms with Crippen LogP contribution in [0.25, 0.3) is 11.0 Å². The first-order valence-corrected chi connectivity index (χ1v) is 17.8. The second-order valence-corrected chi connectivity index (χ2v) is 14.2. The van der Waals surface area contributed by atoms with Gasteiger partial charge in [0.1, 0.15) is 5.82 Å². The average molecular weight is 595 g/mol. The number of nitrogens with zero attached hydrogens (tertiary/aromatic N) is 4. The summed E-state index contributed by atoms with van der Waals surface area (Å²) in [6.07, 6.45) is 16.7. The highest BCUT2D eigenvalue weighted by molar-refractivity contribution is 5.76. The second-order valence-electron chi connectivity index (χ2n) is 14.2. The van der Waals surface area contributed by atoms with E-state index in [9.17, 15) is 0 Å². The Bertz CT molecular complexity index is 1110. The van der Waals surface area contributed by atoms with E-state index in [1.807, 2.05) is 0 Å². The standard InChI is InChI=1S/C36H58N4O3/c1-28-8-5-12-32(40(28)33-25-29-9-6-10-30(24-29)26-33)15-17-39-35-14-4-3-13-34(35)37-36(39)31-11-7-16-38(27-31)18-19-42-22-23-43-21-20-41-2/h3-4,13-14,28-33H,5-12,15-27H2,1-2H3/t28-,29-,30+,31+,32-,33+/m0/s1. The number of rotatable bonds is 14. The molecule has 3 heterocycles. The van der Waals surface area contributed by atoms with E-state index in [0.29, 0.717) is 38.4 Å². The lowest BCUT2D eigenvalue weighted by molar-refractivity contribution is -0.00912. The number of aryl methyl sites for hydroxylation is 1. The largest absolute Gasteiger partial charge is 0.382 e. The molecule has 7 nitrogen and oxygen atoms in total.